The van der Waals surface area contributed by atoms with Crippen LogP contribution in [0, 0.1) is 46.5 Å². The Morgan fingerprint density at radius 2 is 0.739 bits per heavy atom. The molecule has 0 saturated heterocycles. The SMILES string of the molecule is CC1(F)c2c(F)c(F)c(F)c(F)c2-c2c(F)c(F)c(F)c(F)c21. The van der Waals surface area contributed by atoms with Gasteiger partial charge in [-0.05, 0) is 6.92 Å². The summed E-state index contributed by atoms with van der Waals surface area (Å²) in [6.07, 6.45) is 0. The van der Waals surface area contributed by atoms with E-state index in [0.717, 1.165) is 0 Å². The minimum absolute atomic E-state index is 0.359. The van der Waals surface area contributed by atoms with Crippen LogP contribution in [0.15, 0.2) is 0 Å². The van der Waals surface area contributed by atoms with E-state index >= 15 is 0 Å². The maximum Gasteiger partial charge on any atom is 0.198 e. The summed E-state index contributed by atoms with van der Waals surface area (Å²) in [5, 5.41) is 0. The Kier molecular flexibility index (Phi) is 3.02. The predicted molar refractivity (Wildman–Crippen MR) is 59.1 cm³/mol. The second-order valence-corrected chi connectivity index (χ2v) is 5.01. The van der Waals surface area contributed by atoms with Crippen LogP contribution in [0.3, 0.4) is 0 Å². The fourth-order valence-corrected chi connectivity index (χ4v) is 2.74. The summed E-state index contributed by atoms with van der Waals surface area (Å²) in [5.74, 6) is -18.7. The summed E-state index contributed by atoms with van der Waals surface area (Å²) in [6.45, 7) is 0.359. The molecule has 122 valence electrons. The maximum atomic E-state index is 14.7. The lowest BCUT2D eigenvalue weighted by Gasteiger charge is -2.18. The van der Waals surface area contributed by atoms with Gasteiger partial charge in [-0.15, -0.1) is 0 Å². The highest BCUT2D eigenvalue weighted by atomic mass is 19.2. The molecular weight excluding hydrogens is 339 g/mol. The van der Waals surface area contributed by atoms with Gasteiger partial charge in [-0.2, -0.15) is 0 Å². The first-order chi connectivity index (χ1) is 10.5. The number of benzene rings is 2. The maximum absolute atomic E-state index is 14.7. The Labute approximate surface area is 122 Å². The molecule has 0 fully saturated rings. The molecule has 0 nitrogen and oxygen atoms in total. The van der Waals surface area contributed by atoms with Crippen molar-refractivity contribution >= 4 is 0 Å². The number of hydrogen-bond acceptors (Lipinski definition) is 0. The molecule has 23 heavy (non-hydrogen) atoms. The summed E-state index contributed by atoms with van der Waals surface area (Å²) in [4.78, 5) is 0. The number of halogens is 9. The van der Waals surface area contributed by atoms with Crippen LogP contribution in [0.5, 0.6) is 0 Å². The van der Waals surface area contributed by atoms with Crippen LogP contribution >= 0.6 is 0 Å². The standard InChI is InChI=1S/C14H3F9/c1-14(23)4-2(6(15)10(19)12(21)8(4)17)3-5(14)9(18)13(22)11(20)7(3)16/h1H3. The van der Waals surface area contributed by atoms with Gasteiger partial charge in [0.25, 0.3) is 0 Å². The summed E-state index contributed by atoms with van der Waals surface area (Å²) in [6, 6.07) is 0. The molecule has 0 heterocycles. The minimum Gasteiger partial charge on any atom is -0.233 e. The first-order valence-electron chi connectivity index (χ1n) is 5.95. The highest BCUT2D eigenvalue weighted by Crippen LogP contribution is 2.55. The molecule has 0 N–H and O–H groups in total. The van der Waals surface area contributed by atoms with E-state index in [9.17, 15) is 39.5 Å². The van der Waals surface area contributed by atoms with Crippen molar-refractivity contribution in [3.8, 4) is 11.1 Å². The molecule has 0 bridgehead atoms. The normalized spacial score (nSPS) is 14.9. The molecule has 0 saturated carbocycles. The van der Waals surface area contributed by atoms with E-state index in [-0.39, 0.29) is 0 Å². The molecule has 0 spiro atoms. The Morgan fingerprint density at radius 1 is 0.478 bits per heavy atom. The third-order valence-electron chi connectivity index (χ3n) is 3.72. The fraction of sp³-hybridized carbons (Fsp3) is 0.143. The zero-order chi connectivity index (χ0) is 17.4. The van der Waals surface area contributed by atoms with E-state index in [1.807, 2.05) is 0 Å². The highest BCUT2D eigenvalue weighted by Gasteiger charge is 2.51. The molecule has 2 aromatic rings. The van der Waals surface area contributed by atoms with E-state index in [1.54, 1.807) is 0 Å². The number of rotatable bonds is 0. The number of alkyl halides is 1. The molecular formula is C14H3F9. The van der Waals surface area contributed by atoms with Crippen LogP contribution < -0.4 is 0 Å². The van der Waals surface area contributed by atoms with Gasteiger partial charge in [-0.1, -0.05) is 0 Å². The van der Waals surface area contributed by atoms with E-state index < -0.39 is 74.5 Å². The van der Waals surface area contributed by atoms with Crippen molar-refractivity contribution < 1.29 is 39.5 Å². The lowest BCUT2D eigenvalue weighted by atomic mass is 9.94. The number of fused-ring (bicyclic) bond motifs is 3. The Hall–Kier alpha value is -2.19. The predicted octanol–water partition coefficient (Wildman–Crippen LogP) is 5.01. The highest BCUT2D eigenvalue weighted by molar-refractivity contribution is 5.81. The first-order valence-corrected chi connectivity index (χ1v) is 5.95. The van der Waals surface area contributed by atoms with Crippen molar-refractivity contribution in [1.29, 1.82) is 0 Å². The van der Waals surface area contributed by atoms with Crippen molar-refractivity contribution in [2.24, 2.45) is 0 Å². The molecule has 0 atom stereocenters. The average Bonchev–Trinajstić information content (AvgIpc) is 2.74. The topological polar surface area (TPSA) is 0 Å². The molecule has 1 aliphatic rings. The van der Waals surface area contributed by atoms with Crippen molar-refractivity contribution in [1.82, 2.24) is 0 Å². The third-order valence-corrected chi connectivity index (χ3v) is 3.72. The van der Waals surface area contributed by atoms with Crippen LogP contribution in [-0.4, -0.2) is 0 Å². The van der Waals surface area contributed by atoms with Gasteiger partial charge >= 0.3 is 0 Å². The number of hydrogen-bond donors (Lipinski definition) is 0. The summed E-state index contributed by atoms with van der Waals surface area (Å²) >= 11 is 0. The molecule has 0 radical (unpaired) electrons. The van der Waals surface area contributed by atoms with Gasteiger partial charge in [0.05, 0.1) is 0 Å². The zero-order valence-electron chi connectivity index (χ0n) is 10.9. The fourth-order valence-electron chi connectivity index (χ4n) is 2.74. The average molecular weight is 342 g/mol. The van der Waals surface area contributed by atoms with Crippen LogP contribution in [0.4, 0.5) is 39.5 Å². The monoisotopic (exact) mass is 342 g/mol. The first kappa shape index (κ1) is 15.7. The zero-order valence-corrected chi connectivity index (χ0v) is 10.9. The molecule has 2 aromatic carbocycles. The summed E-state index contributed by atoms with van der Waals surface area (Å²) in [7, 11) is 0. The molecule has 0 unspecified atom stereocenters. The van der Waals surface area contributed by atoms with E-state index in [1.165, 1.54) is 0 Å². The van der Waals surface area contributed by atoms with Crippen molar-refractivity contribution in [3.05, 3.63) is 57.7 Å². The van der Waals surface area contributed by atoms with Gasteiger partial charge in [0.2, 0.25) is 0 Å². The van der Waals surface area contributed by atoms with Crippen LogP contribution in [0.1, 0.15) is 18.1 Å². The third kappa shape index (κ3) is 1.64. The van der Waals surface area contributed by atoms with Gasteiger partial charge < -0.3 is 0 Å². The van der Waals surface area contributed by atoms with E-state index in [2.05, 4.69) is 0 Å². The summed E-state index contributed by atoms with van der Waals surface area (Å²) < 4.78 is 123. The Balaban J connectivity index is 2.63. The lowest BCUT2D eigenvalue weighted by molar-refractivity contribution is 0.233. The lowest BCUT2D eigenvalue weighted by Crippen LogP contribution is -2.19. The van der Waals surface area contributed by atoms with Gasteiger partial charge in [-0.3, -0.25) is 0 Å². The molecule has 0 aromatic heterocycles. The molecule has 0 amide bonds. The van der Waals surface area contributed by atoms with Crippen LogP contribution in [0.2, 0.25) is 0 Å². The van der Waals surface area contributed by atoms with E-state index in [4.69, 9.17) is 0 Å². The van der Waals surface area contributed by atoms with Gasteiger partial charge in [0, 0.05) is 22.3 Å². The molecule has 9 heteroatoms. The molecule has 0 aliphatic heterocycles. The van der Waals surface area contributed by atoms with Crippen LogP contribution in [0.25, 0.3) is 11.1 Å². The van der Waals surface area contributed by atoms with Gasteiger partial charge in [0.1, 0.15) is 0 Å². The Morgan fingerprint density at radius 3 is 1.04 bits per heavy atom. The van der Waals surface area contributed by atoms with Crippen LogP contribution in [-0.2, 0) is 5.67 Å². The van der Waals surface area contributed by atoms with Crippen molar-refractivity contribution in [2.45, 2.75) is 12.6 Å². The Bertz CT molecular complexity index is 812. The smallest absolute Gasteiger partial charge is 0.198 e. The molecule has 3 rings (SSSR count). The quantitative estimate of drug-likeness (QED) is 0.359. The second-order valence-electron chi connectivity index (χ2n) is 5.01. The largest absolute Gasteiger partial charge is 0.233 e. The molecule has 1 aliphatic carbocycles. The van der Waals surface area contributed by atoms with Gasteiger partial charge in [-0.25, -0.2) is 39.5 Å². The second kappa shape index (κ2) is 4.42. The van der Waals surface area contributed by atoms with Crippen molar-refractivity contribution in [3.63, 3.8) is 0 Å². The van der Waals surface area contributed by atoms with E-state index in [0.29, 0.717) is 6.92 Å². The van der Waals surface area contributed by atoms with Crippen molar-refractivity contribution in [2.75, 3.05) is 0 Å². The van der Waals surface area contributed by atoms with Gasteiger partial charge in [0.15, 0.2) is 52.2 Å². The minimum atomic E-state index is -3.45. The summed E-state index contributed by atoms with van der Waals surface area (Å²) in [5.41, 5.74) is -9.67.